The second-order valence-electron chi connectivity index (χ2n) is 13.5. The maximum Gasteiger partial charge on any atom is 0.164 e. The van der Waals surface area contributed by atoms with Crippen LogP contribution in [0.15, 0.2) is 182 Å². The lowest BCUT2D eigenvalue weighted by Gasteiger charge is -2.12. The van der Waals surface area contributed by atoms with Crippen molar-refractivity contribution in [3.8, 4) is 45.7 Å². The van der Waals surface area contributed by atoms with Gasteiger partial charge in [-0.2, -0.15) is 0 Å². The molecule has 4 heterocycles. The van der Waals surface area contributed by atoms with Crippen molar-refractivity contribution in [3.05, 3.63) is 182 Å². The van der Waals surface area contributed by atoms with Gasteiger partial charge in [0.15, 0.2) is 17.5 Å². The van der Waals surface area contributed by atoms with Crippen molar-refractivity contribution < 1.29 is 0 Å². The molecule has 6 nitrogen and oxygen atoms in total. The molecule has 0 atom stereocenters. The maximum absolute atomic E-state index is 5.14. The number of hydrogen-bond acceptors (Lipinski definition) is 4. The number of para-hydroxylation sites is 3. The Kier molecular flexibility index (Phi) is 6.75. The Morgan fingerprint density at radius 3 is 1.69 bits per heavy atom. The van der Waals surface area contributed by atoms with Gasteiger partial charge in [0.05, 0.1) is 22.1 Å². The number of pyridine rings is 1. The van der Waals surface area contributed by atoms with E-state index >= 15 is 0 Å². The number of fused-ring (bicyclic) bond motifs is 7. The van der Waals surface area contributed by atoms with Crippen LogP contribution < -0.4 is 0 Å². The molecule has 0 saturated carbocycles. The van der Waals surface area contributed by atoms with Gasteiger partial charge in [-0.05, 0) is 59.3 Å². The average Bonchev–Trinajstić information content (AvgIpc) is 3.75. The van der Waals surface area contributed by atoms with Gasteiger partial charge in [0.25, 0.3) is 0 Å². The molecule has 0 amide bonds. The predicted molar refractivity (Wildman–Crippen MR) is 220 cm³/mol. The second kappa shape index (κ2) is 12.1. The van der Waals surface area contributed by atoms with Gasteiger partial charge < -0.3 is 4.57 Å². The molecule has 4 aromatic heterocycles. The van der Waals surface area contributed by atoms with Gasteiger partial charge in [0.2, 0.25) is 0 Å². The molecule has 11 rings (SSSR count). The van der Waals surface area contributed by atoms with Crippen LogP contribution in [-0.2, 0) is 0 Å². The van der Waals surface area contributed by atoms with Crippen molar-refractivity contribution in [1.82, 2.24) is 29.1 Å². The molecule has 0 bridgehead atoms. The first kappa shape index (κ1) is 30.2. The highest BCUT2D eigenvalue weighted by Crippen LogP contribution is 2.40. The molecule has 0 unspecified atom stereocenters. The minimum Gasteiger partial charge on any atom is -0.309 e. The topological polar surface area (TPSA) is 61.4 Å². The fraction of sp³-hybridized carbons (Fsp3) is 0. The van der Waals surface area contributed by atoms with Gasteiger partial charge >= 0.3 is 0 Å². The highest BCUT2D eigenvalue weighted by atomic mass is 15.1. The third-order valence-electron chi connectivity index (χ3n) is 10.4. The Hall–Kier alpha value is -7.44. The lowest BCUT2D eigenvalue weighted by molar-refractivity contribution is 1.05. The normalized spacial score (nSPS) is 11.7. The highest BCUT2D eigenvalue weighted by Gasteiger charge is 2.20. The van der Waals surface area contributed by atoms with Gasteiger partial charge in [0, 0.05) is 50.1 Å². The molecule has 0 aliphatic heterocycles. The summed E-state index contributed by atoms with van der Waals surface area (Å²) >= 11 is 0. The minimum atomic E-state index is 0.586. The lowest BCUT2D eigenvalue weighted by atomic mass is 10.0. The average molecular weight is 691 g/mol. The van der Waals surface area contributed by atoms with Crippen LogP contribution in [0.3, 0.4) is 0 Å². The zero-order valence-electron chi connectivity index (χ0n) is 29.0. The first-order valence-corrected chi connectivity index (χ1v) is 18.1. The smallest absolute Gasteiger partial charge is 0.164 e. The van der Waals surface area contributed by atoms with Crippen LogP contribution in [0, 0.1) is 0 Å². The molecule has 0 aliphatic rings. The largest absolute Gasteiger partial charge is 0.309 e. The van der Waals surface area contributed by atoms with Crippen molar-refractivity contribution in [2.24, 2.45) is 0 Å². The van der Waals surface area contributed by atoms with Gasteiger partial charge in [-0.1, -0.05) is 127 Å². The van der Waals surface area contributed by atoms with E-state index in [4.69, 9.17) is 19.9 Å². The van der Waals surface area contributed by atoms with E-state index in [1.807, 2.05) is 42.6 Å². The molecule has 0 fully saturated rings. The van der Waals surface area contributed by atoms with E-state index in [2.05, 4.69) is 149 Å². The van der Waals surface area contributed by atoms with Gasteiger partial charge in [-0.15, -0.1) is 0 Å². The highest BCUT2D eigenvalue weighted by molar-refractivity contribution is 6.19. The Balaban J connectivity index is 1.15. The quantitative estimate of drug-likeness (QED) is 0.180. The van der Waals surface area contributed by atoms with Crippen LogP contribution >= 0.6 is 0 Å². The van der Waals surface area contributed by atoms with E-state index in [0.717, 1.165) is 55.5 Å². The third-order valence-corrected chi connectivity index (χ3v) is 10.4. The number of aromatic nitrogens is 6. The van der Waals surface area contributed by atoms with Crippen LogP contribution in [0.4, 0.5) is 0 Å². The zero-order chi connectivity index (χ0) is 35.6. The molecule has 252 valence electrons. The molecule has 0 radical (unpaired) electrons. The Labute approximate surface area is 310 Å². The fourth-order valence-electron chi connectivity index (χ4n) is 7.98. The fourth-order valence-corrected chi connectivity index (χ4v) is 7.98. The van der Waals surface area contributed by atoms with E-state index in [1.54, 1.807) is 0 Å². The molecule has 11 aromatic rings. The Morgan fingerprint density at radius 1 is 0.352 bits per heavy atom. The molecule has 0 aliphatic carbocycles. The lowest BCUT2D eigenvalue weighted by Crippen LogP contribution is -2.02. The van der Waals surface area contributed by atoms with Gasteiger partial charge in [-0.3, -0.25) is 4.57 Å². The van der Waals surface area contributed by atoms with Gasteiger partial charge in [-0.25, -0.2) is 19.9 Å². The van der Waals surface area contributed by atoms with Crippen LogP contribution in [0.25, 0.3) is 100 Å². The van der Waals surface area contributed by atoms with Crippen molar-refractivity contribution in [2.75, 3.05) is 0 Å². The number of nitrogens with zero attached hydrogens (tertiary/aromatic N) is 6. The number of hydrogen-bond donors (Lipinski definition) is 0. The summed E-state index contributed by atoms with van der Waals surface area (Å²) in [6, 6.07) is 61.3. The molecule has 7 aromatic carbocycles. The summed E-state index contributed by atoms with van der Waals surface area (Å²) in [5.74, 6) is 2.62. The standard InChI is InChI=1S/C48H30N6/c1-3-15-32(16-4-1)46-50-47(52-48(51-46)38-23-13-17-31-14-7-8-20-35(31)38)33-26-27-49-45(28-33)54-42-25-12-10-22-37(42)40-29-39-36-21-9-11-24-41(36)53(43(39)30-44(40)54)34-18-5-2-6-19-34/h1-30H. The molecule has 0 saturated heterocycles. The molecular weight excluding hydrogens is 661 g/mol. The summed E-state index contributed by atoms with van der Waals surface area (Å²) in [7, 11) is 0. The van der Waals surface area contributed by atoms with E-state index in [1.165, 1.54) is 27.1 Å². The number of benzene rings is 7. The summed E-state index contributed by atoms with van der Waals surface area (Å²) in [5, 5.41) is 7.01. The van der Waals surface area contributed by atoms with E-state index in [0.29, 0.717) is 17.5 Å². The van der Waals surface area contributed by atoms with Crippen molar-refractivity contribution in [1.29, 1.82) is 0 Å². The van der Waals surface area contributed by atoms with Crippen LogP contribution in [0.1, 0.15) is 0 Å². The van der Waals surface area contributed by atoms with Gasteiger partial charge in [0.1, 0.15) is 5.82 Å². The Bertz CT molecular complexity index is 3210. The van der Waals surface area contributed by atoms with Crippen molar-refractivity contribution >= 4 is 54.4 Å². The summed E-state index contributed by atoms with van der Waals surface area (Å²) in [4.78, 5) is 20.3. The second-order valence-corrected chi connectivity index (χ2v) is 13.5. The first-order valence-electron chi connectivity index (χ1n) is 18.1. The van der Waals surface area contributed by atoms with Crippen molar-refractivity contribution in [3.63, 3.8) is 0 Å². The zero-order valence-corrected chi connectivity index (χ0v) is 29.0. The summed E-state index contributed by atoms with van der Waals surface area (Å²) in [5.41, 5.74) is 8.33. The SMILES string of the molecule is c1ccc(-c2nc(-c3ccnc(-n4c5ccccc5c5cc6c7ccccc7n(-c7ccccc7)c6cc54)c3)nc(-c3cccc4ccccc34)n2)cc1. The Morgan fingerprint density at radius 2 is 0.926 bits per heavy atom. The minimum absolute atomic E-state index is 0.586. The van der Waals surface area contributed by atoms with Crippen LogP contribution in [0.5, 0.6) is 0 Å². The molecule has 0 N–H and O–H groups in total. The van der Waals surface area contributed by atoms with E-state index < -0.39 is 0 Å². The third kappa shape index (κ3) is 4.74. The van der Waals surface area contributed by atoms with E-state index in [9.17, 15) is 0 Å². The molecule has 6 heteroatoms. The maximum atomic E-state index is 5.14. The van der Waals surface area contributed by atoms with Crippen LogP contribution in [-0.4, -0.2) is 29.1 Å². The predicted octanol–water partition coefficient (Wildman–Crippen LogP) is 11.6. The summed E-state index contributed by atoms with van der Waals surface area (Å²) < 4.78 is 4.63. The van der Waals surface area contributed by atoms with E-state index in [-0.39, 0.29) is 0 Å². The molecular formula is C48H30N6. The monoisotopic (exact) mass is 690 g/mol. The number of rotatable bonds is 5. The molecule has 54 heavy (non-hydrogen) atoms. The summed E-state index contributed by atoms with van der Waals surface area (Å²) in [6.07, 6.45) is 1.86. The van der Waals surface area contributed by atoms with Crippen molar-refractivity contribution in [2.45, 2.75) is 0 Å². The molecule has 0 spiro atoms. The first-order chi connectivity index (χ1) is 26.8. The van der Waals surface area contributed by atoms with Crippen LogP contribution in [0.2, 0.25) is 0 Å². The summed E-state index contributed by atoms with van der Waals surface area (Å²) in [6.45, 7) is 0.